The van der Waals surface area contributed by atoms with Crippen LogP contribution in [-0.2, 0) is 11.2 Å². The normalized spacial score (nSPS) is 21.2. The summed E-state index contributed by atoms with van der Waals surface area (Å²) in [4.78, 5) is 5.77. The zero-order valence-electron chi connectivity index (χ0n) is 11.3. The van der Waals surface area contributed by atoms with Crippen LogP contribution in [0.4, 0.5) is 0 Å². The second-order valence-electron chi connectivity index (χ2n) is 5.25. The molecule has 5 heteroatoms. The summed E-state index contributed by atoms with van der Waals surface area (Å²) < 4.78 is 7.59. The maximum atomic E-state index is 5.48. The standard InChI is InChI=1S/C14H21N3OS/c1-2-15-12(7-11-3-5-18-10-11)8-13-9-17-4-6-19-14(17)16-13/h4,6,9,11-12,15H,2-3,5,7-8,10H2,1H3. The van der Waals surface area contributed by atoms with Gasteiger partial charge in [-0.1, -0.05) is 6.92 Å². The Bertz CT molecular complexity index is 487. The highest BCUT2D eigenvalue weighted by atomic mass is 32.1. The van der Waals surface area contributed by atoms with Gasteiger partial charge in [0, 0.05) is 43.5 Å². The fraction of sp³-hybridized carbons (Fsp3) is 0.643. The predicted molar refractivity (Wildman–Crippen MR) is 77.8 cm³/mol. The van der Waals surface area contributed by atoms with Crippen LogP contribution in [0.5, 0.6) is 0 Å². The smallest absolute Gasteiger partial charge is 0.193 e. The van der Waals surface area contributed by atoms with E-state index in [9.17, 15) is 0 Å². The van der Waals surface area contributed by atoms with Gasteiger partial charge in [0.1, 0.15) is 0 Å². The van der Waals surface area contributed by atoms with Gasteiger partial charge in [0.15, 0.2) is 4.96 Å². The van der Waals surface area contributed by atoms with Gasteiger partial charge in [-0.15, -0.1) is 11.3 Å². The Hall–Kier alpha value is -0.910. The Kier molecular flexibility index (Phi) is 4.15. The molecule has 0 bridgehead atoms. The molecule has 0 aliphatic carbocycles. The molecule has 2 atom stereocenters. The van der Waals surface area contributed by atoms with E-state index in [1.165, 1.54) is 18.5 Å². The minimum absolute atomic E-state index is 0.515. The molecule has 19 heavy (non-hydrogen) atoms. The van der Waals surface area contributed by atoms with Crippen LogP contribution in [0.3, 0.4) is 0 Å². The fourth-order valence-electron chi connectivity index (χ4n) is 2.83. The van der Waals surface area contributed by atoms with Crippen LogP contribution < -0.4 is 5.32 Å². The molecule has 0 radical (unpaired) electrons. The quantitative estimate of drug-likeness (QED) is 0.882. The average molecular weight is 279 g/mol. The van der Waals surface area contributed by atoms with E-state index in [0.717, 1.165) is 31.1 Å². The van der Waals surface area contributed by atoms with Crippen molar-refractivity contribution >= 4 is 16.3 Å². The summed E-state index contributed by atoms with van der Waals surface area (Å²) in [6.45, 7) is 5.05. The number of ether oxygens (including phenoxy) is 1. The van der Waals surface area contributed by atoms with Crippen LogP contribution in [0.15, 0.2) is 17.8 Å². The molecule has 1 fully saturated rings. The van der Waals surface area contributed by atoms with E-state index >= 15 is 0 Å². The lowest BCUT2D eigenvalue weighted by atomic mass is 9.96. The summed E-state index contributed by atoms with van der Waals surface area (Å²) in [5.41, 5.74) is 1.19. The maximum absolute atomic E-state index is 5.48. The molecule has 1 N–H and O–H groups in total. The molecule has 3 rings (SSSR count). The molecular formula is C14H21N3OS. The number of thiazole rings is 1. The Morgan fingerprint density at radius 1 is 1.63 bits per heavy atom. The molecule has 0 amide bonds. The van der Waals surface area contributed by atoms with Gasteiger partial charge in [0.25, 0.3) is 0 Å². The summed E-state index contributed by atoms with van der Waals surface area (Å²) in [5.74, 6) is 0.716. The molecule has 2 aromatic heterocycles. The lowest BCUT2D eigenvalue weighted by Crippen LogP contribution is -2.33. The van der Waals surface area contributed by atoms with E-state index in [2.05, 4.69) is 39.4 Å². The highest BCUT2D eigenvalue weighted by Crippen LogP contribution is 2.20. The summed E-state index contributed by atoms with van der Waals surface area (Å²) in [5, 5.41) is 5.67. The first kappa shape index (κ1) is 13.1. The second kappa shape index (κ2) is 6.03. The molecule has 1 saturated heterocycles. The van der Waals surface area contributed by atoms with Crippen molar-refractivity contribution in [3.63, 3.8) is 0 Å². The van der Waals surface area contributed by atoms with Crippen molar-refractivity contribution in [3.8, 4) is 0 Å². The minimum Gasteiger partial charge on any atom is -0.381 e. The van der Waals surface area contributed by atoms with Crippen molar-refractivity contribution in [1.82, 2.24) is 14.7 Å². The third-order valence-electron chi connectivity index (χ3n) is 3.73. The first-order valence-electron chi connectivity index (χ1n) is 7.07. The van der Waals surface area contributed by atoms with Gasteiger partial charge in [-0.3, -0.25) is 4.40 Å². The molecule has 1 aliphatic heterocycles. The van der Waals surface area contributed by atoms with Crippen molar-refractivity contribution in [3.05, 3.63) is 23.5 Å². The predicted octanol–water partition coefficient (Wildman–Crippen LogP) is 2.34. The number of likely N-dealkylation sites (N-methyl/N-ethyl adjacent to an activating group) is 1. The van der Waals surface area contributed by atoms with Crippen molar-refractivity contribution < 1.29 is 4.74 Å². The zero-order chi connectivity index (χ0) is 13.1. The number of hydrogen-bond acceptors (Lipinski definition) is 4. The van der Waals surface area contributed by atoms with Gasteiger partial charge < -0.3 is 10.1 Å². The zero-order valence-corrected chi connectivity index (χ0v) is 12.2. The van der Waals surface area contributed by atoms with Crippen LogP contribution in [0, 0.1) is 5.92 Å². The molecule has 0 aromatic carbocycles. The van der Waals surface area contributed by atoms with E-state index in [-0.39, 0.29) is 0 Å². The first-order chi connectivity index (χ1) is 9.35. The van der Waals surface area contributed by atoms with E-state index in [1.807, 2.05) is 0 Å². The van der Waals surface area contributed by atoms with Crippen LogP contribution in [0.2, 0.25) is 0 Å². The van der Waals surface area contributed by atoms with Crippen molar-refractivity contribution in [2.45, 2.75) is 32.2 Å². The first-order valence-corrected chi connectivity index (χ1v) is 7.95. The van der Waals surface area contributed by atoms with E-state index in [0.29, 0.717) is 12.0 Å². The molecule has 104 valence electrons. The van der Waals surface area contributed by atoms with Gasteiger partial charge >= 0.3 is 0 Å². The van der Waals surface area contributed by atoms with Gasteiger partial charge in [0.2, 0.25) is 0 Å². The van der Waals surface area contributed by atoms with Crippen LogP contribution in [0.1, 0.15) is 25.5 Å². The third kappa shape index (κ3) is 3.16. The Balaban J connectivity index is 1.64. The monoisotopic (exact) mass is 279 g/mol. The fourth-order valence-corrected chi connectivity index (χ4v) is 3.54. The lowest BCUT2D eigenvalue weighted by molar-refractivity contribution is 0.181. The van der Waals surface area contributed by atoms with E-state index in [1.54, 1.807) is 11.3 Å². The summed E-state index contributed by atoms with van der Waals surface area (Å²) in [7, 11) is 0. The molecule has 1 aliphatic rings. The van der Waals surface area contributed by atoms with Gasteiger partial charge in [0.05, 0.1) is 5.69 Å². The Labute approximate surface area is 117 Å². The van der Waals surface area contributed by atoms with Crippen LogP contribution >= 0.6 is 11.3 Å². The SMILES string of the molecule is CCNC(Cc1cn2ccsc2n1)CC1CCOC1. The Morgan fingerprint density at radius 2 is 2.58 bits per heavy atom. The highest BCUT2D eigenvalue weighted by molar-refractivity contribution is 7.15. The van der Waals surface area contributed by atoms with Crippen molar-refractivity contribution in [2.75, 3.05) is 19.8 Å². The Morgan fingerprint density at radius 3 is 3.32 bits per heavy atom. The summed E-state index contributed by atoms with van der Waals surface area (Å²) in [6, 6.07) is 0.515. The maximum Gasteiger partial charge on any atom is 0.193 e. The number of fused-ring (bicyclic) bond motifs is 1. The number of rotatable bonds is 6. The lowest BCUT2D eigenvalue weighted by Gasteiger charge is -2.19. The molecule has 4 nitrogen and oxygen atoms in total. The molecule has 0 saturated carbocycles. The summed E-state index contributed by atoms with van der Waals surface area (Å²) >= 11 is 1.69. The highest BCUT2D eigenvalue weighted by Gasteiger charge is 2.21. The number of imidazole rings is 1. The third-order valence-corrected chi connectivity index (χ3v) is 4.50. The number of aromatic nitrogens is 2. The minimum atomic E-state index is 0.515. The van der Waals surface area contributed by atoms with Crippen LogP contribution in [-0.4, -0.2) is 35.2 Å². The molecule has 3 heterocycles. The molecular weight excluding hydrogens is 258 g/mol. The van der Waals surface area contributed by atoms with Crippen molar-refractivity contribution in [2.24, 2.45) is 5.92 Å². The van der Waals surface area contributed by atoms with E-state index < -0.39 is 0 Å². The van der Waals surface area contributed by atoms with Gasteiger partial charge in [-0.2, -0.15) is 0 Å². The molecule has 2 aromatic rings. The van der Waals surface area contributed by atoms with Crippen molar-refractivity contribution in [1.29, 1.82) is 0 Å². The van der Waals surface area contributed by atoms with Crippen LogP contribution in [0.25, 0.3) is 4.96 Å². The topological polar surface area (TPSA) is 38.6 Å². The summed E-state index contributed by atoms with van der Waals surface area (Å²) in [6.07, 6.45) is 7.64. The number of nitrogens with zero attached hydrogens (tertiary/aromatic N) is 2. The molecule has 2 unspecified atom stereocenters. The van der Waals surface area contributed by atoms with Gasteiger partial charge in [-0.05, 0) is 25.3 Å². The molecule has 0 spiro atoms. The second-order valence-corrected chi connectivity index (χ2v) is 6.12. The average Bonchev–Trinajstić information content (AvgIpc) is 3.05. The van der Waals surface area contributed by atoms with E-state index in [4.69, 9.17) is 4.74 Å². The largest absolute Gasteiger partial charge is 0.381 e. The number of nitrogens with one attached hydrogen (secondary N) is 1. The number of hydrogen-bond donors (Lipinski definition) is 1. The van der Waals surface area contributed by atoms with Gasteiger partial charge in [-0.25, -0.2) is 4.98 Å².